The molecular formula is C41H35N3O5S. The van der Waals surface area contributed by atoms with Crippen molar-refractivity contribution in [3.05, 3.63) is 157 Å². The van der Waals surface area contributed by atoms with Gasteiger partial charge in [-0.2, -0.15) is 0 Å². The summed E-state index contributed by atoms with van der Waals surface area (Å²) in [5, 5.41) is 0. The molecule has 0 bridgehead atoms. The van der Waals surface area contributed by atoms with E-state index in [4.69, 9.17) is 19.2 Å². The smallest absolute Gasteiger partial charge is 0.338 e. The predicted octanol–water partition coefficient (Wildman–Crippen LogP) is 6.94. The van der Waals surface area contributed by atoms with Crippen LogP contribution in [0.1, 0.15) is 31.0 Å². The minimum Gasteiger partial charge on any atom is -0.493 e. The lowest BCUT2D eigenvalue weighted by atomic mass is 9.95. The van der Waals surface area contributed by atoms with Gasteiger partial charge in [0.2, 0.25) is 0 Å². The number of hydrogen-bond acceptors (Lipinski definition) is 7. The molecule has 3 heterocycles. The summed E-state index contributed by atoms with van der Waals surface area (Å²) < 4.78 is 20.9. The molecule has 4 aromatic carbocycles. The number of nitrogens with zero attached hydrogens (tertiary/aromatic N) is 3. The van der Waals surface area contributed by atoms with Crippen molar-refractivity contribution in [3.63, 3.8) is 0 Å². The largest absolute Gasteiger partial charge is 0.493 e. The molecule has 0 N–H and O–H groups in total. The maximum absolute atomic E-state index is 14.6. The average molecular weight is 682 g/mol. The Bertz CT molecular complexity index is 2410. The Balaban J connectivity index is 1.50. The van der Waals surface area contributed by atoms with E-state index in [1.165, 1.54) is 11.3 Å². The topological polar surface area (TPSA) is 84.1 Å². The number of carbonyl (C=O) groups excluding carboxylic acids is 1. The molecule has 2 aromatic heterocycles. The fraction of sp³-hybridized carbons (Fsp3) is 0.146. The van der Waals surface area contributed by atoms with Crippen LogP contribution in [0.25, 0.3) is 34.3 Å². The van der Waals surface area contributed by atoms with Gasteiger partial charge < -0.3 is 18.8 Å². The second-order valence-corrected chi connectivity index (χ2v) is 12.7. The molecule has 0 fully saturated rings. The molecule has 1 atom stereocenters. The highest BCUT2D eigenvalue weighted by atomic mass is 32.1. The predicted molar refractivity (Wildman–Crippen MR) is 197 cm³/mol. The van der Waals surface area contributed by atoms with Crippen LogP contribution in [-0.4, -0.2) is 35.9 Å². The van der Waals surface area contributed by atoms with E-state index in [1.54, 1.807) is 44.8 Å². The minimum atomic E-state index is -0.797. The zero-order valence-corrected chi connectivity index (χ0v) is 28.9. The molecule has 0 saturated carbocycles. The normalized spacial score (nSPS) is 14.2. The number of allylic oxidation sites excluding steroid dienone is 1. The van der Waals surface area contributed by atoms with Gasteiger partial charge in [0.15, 0.2) is 16.3 Å². The number of esters is 1. The summed E-state index contributed by atoms with van der Waals surface area (Å²) in [6.07, 6.45) is 1.94. The zero-order chi connectivity index (χ0) is 34.8. The number of methoxy groups -OCH3 is 2. The van der Waals surface area contributed by atoms with E-state index in [1.807, 2.05) is 66.7 Å². The van der Waals surface area contributed by atoms with Crippen LogP contribution in [0, 0.1) is 0 Å². The van der Waals surface area contributed by atoms with Crippen LogP contribution in [0.3, 0.4) is 0 Å². The van der Waals surface area contributed by atoms with Gasteiger partial charge in [0.05, 0.1) is 54.1 Å². The summed E-state index contributed by atoms with van der Waals surface area (Å²) in [5.74, 6) is 0.488. The van der Waals surface area contributed by atoms with E-state index in [0.29, 0.717) is 37.7 Å². The Morgan fingerprint density at radius 2 is 1.48 bits per heavy atom. The van der Waals surface area contributed by atoms with Crippen LogP contribution >= 0.6 is 11.3 Å². The van der Waals surface area contributed by atoms with Gasteiger partial charge in [-0.15, -0.1) is 0 Å². The number of fused-ring (bicyclic) bond motifs is 1. The van der Waals surface area contributed by atoms with Gasteiger partial charge in [-0.05, 0) is 66.9 Å². The molecule has 8 nitrogen and oxygen atoms in total. The molecule has 0 radical (unpaired) electrons. The summed E-state index contributed by atoms with van der Waals surface area (Å²) in [6.45, 7) is 3.71. The SMILES string of the molecule is CCOC(=O)C1=C(C)N=c2s/c(=C\c3cc(-c4ccccc4)n(-c4ccccc4)c3-c3ccccc3)c(=O)n2[C@@H]1c1ccc(OC)c(OC)c1. The number of aromatic nitrogens is 2. The molecule has 250 valence electrons. The second kappa shape index (κ2) is 13.9. The van der Waals surface area contributed by atoms with Crippen molar-refractivity contribution in [3.8, 4) is 39.7 Å². The molecule has 6 aromatic rings. The van der Waals surface area contributed by atoms with Crippen molar-refractivity contribution in [2.45, 2.75) is 19.9 Å². The summed E-state index contributed by atoms with van der Waals surface area (Å²) in [6, 6.07) is 37.3. The van der Waals surface area contributed by atoms with Crippen LogP contribution < -0.4 is 24.4 Å². The second-order valence-electron chi connectivity index (χ2n) is 11.7. The van der Waals surface area contributed by atoms with Gasteiger partial charge in [0, 0.05) is 11.3 Å². The molecule has 0 unspecified atom stereocenters. The minimum absolute atomic E-state index is 0.184. The molecule has 0 spiro atoms. The number of carbonyl (C=O) groups is 1. The van der Waals surface area contributed by atoms with Crippen LogP contribution in [0.4, 0.5) is 0 Å². The first-order valence-electron chi connectivity index (χ1n) is 16.3. The number of benzene rings is 4. The van der Waals surface area contributed by atoms with E-state index in [0.717, 1.165) is 33.8 Å². The van der Waals surface area contributed by atoms with Gasteiger partial charge in [0.1, 0.15) is 0 Å². The number of ether oxygens (including phenoxy) is 3. The van der Waals surface area contributed by atoms with Gasteiger partial charge in [-0.25, -0.2) is 9.79 Å². The van der Waals surface area contributed by atoms with E-state index in [2.05, 4.69) is 47.0 Å². The van der Waals surface area contributed by atoms with E-state index in [9.17, 15) is 9.59 Å². The molecule has 0 aliphatic carbocycles. The van der Waals surface area contributed by atoms with Crippen molar-refractivity contribution < 1.29 is 19.0 Å². The van der Waals surface area contributed by atoms with Crippen LogP contribution in [0.5, 0.6) is 11.5 Å². The highest BCUT2D eigenvalue weighted by molar-refractivity contribution is 7.07. The maximum Gasteiger partial charge on any atom is 0.338 e. The fourth-order valence-corrected chi connectivity index (χ4v) is 7.51. The Labute approximate surface area is 293 Å². The van der Waals surface area contributed by atoms with Crippen LogP contribution in [-0.2, 0) is 9.53 Å². The molecule has 1 aliphatic rings. The van der Waals surface area contributed by atoms with E-state index in [-0.39, 0.29) is 12.2 Å². The lowest BCUT2D eigenvalue weighted by molar-refractivity contribution is -0.139. The molecule has 1 aliphatic heterocycles. The first-order valence-corrected chi connectivity index (χ1v) is 17.1. The van der Waals surface area contributed by atoms with Gasteiger partial charge in [-0.1, -0.05) is 96.3 Å². The quantitative estimate of drug-likeness (QED) is 0.155. The number of hydrogen-bond donors (Lipinski definition) is 0. The third-order valence-electron chi connectivity index (χ3n) is 8.69. The first-order chi connectivity index (χ1) is 24.4. The van der Waals surface area contributed by atoms with Crippen LogP contribution in [0.2, 0.25) is 0 Å². The fourth-order valence-electron chi connectivity index (χ4n) is 6.47. The Kier molecular flexibility index (Phi) is 9.06. The summed E-state index contributed by atoms with van der Waals surface area (Å²) in [4.78, 5) is 33.4. The molecule has 7 rings (SSSR count). The number of thiazole rings is 1. The summed E-state index contributed by atoms with van der Waals surface area (Å²) in [5.41, 5.74) is 7.02. The molecule has 50 heavy (non-hydrogen) atoms. The van der Waals surface area contributed by atoms with Crippen molar-refractivity contribution in [2.24, 2.45) is 4.99 Å². The molecular weight excluding hydrogens is 647 g/mol. The van der Waals surface area contributed by atoms with Crippen molar-refractivity contribution >= 4 is 23.4 Å². The first kappa shape index (κ1) is 32.6. The Hall–Kier alpha value is -5.93. The van der Waals surface area contributed by atoms with Crippen molar-refractivity contribution in [2.75, 3.05) is 20.8 Å². The molecule has 9 heteroatoms. The van der Waals surface area contributed by atoms with Gasteiger partial charge in [0.25, 0.3) is 5.56 Å². The third-order valence-corrected chi connectivity index (χ3v) is 9.67. The van der Waals surface area contributed by atoms with E-state index < -0.39 is 12.0 Å². The standard InChI is InChI=1S/C41H35N3O5S/c1-5-49-40(46)36-26(2)42-41-44(38(36)29-21-22-33(47-3)34(24-29)48-4)39(45)35(50-41)25-30-23-32(27-15-9-6-10-16-27)43(31-19-13-8-14-20-31)37(30)28-17-11-7-12-18-28/h6-25,38H,5H2,1-4H3/b35-25-/t38-/m1/s1. The van der Waals surface area contributed by atoms with Crippen molar-refractivity contribution in [1.29, 1.82) is 0 Å². The summed E-state index contributed by atoms with van der Waals surface area (Å²) in [7, 11) is 3.11. The highest BCUT2D eigenvalue weighted by Crippen LogP contribution is 2.38. The number of rotatable bonds is 9. The van der Waals surface area contributed by atoms with E-state index >= 15 is 0 Å². The van der Waals surface area contributed by atoms with Crippen molar-refractivity contribution in [1.82, 2.24) is 9.13 Å². The lowest BCUT2D eigenvalue weighted by Crippen LogP contribution is -2.40. The molecule has 0 saturated heterocycles. The Morgan fingerprint density at radius 1 is 0.840 bits per heavy atom. The Morgan fingerprint density at radius 3 is 2.12 bits per heavy atom. The average Bonchev–Trinajstić information content (AvgIpc) is 3.68. The van der Waals surface area contributed by atoms with Gasteiger partial charge >= 0.3 is 5.97 Å². The zero-order valence-electron chi connectivity index (χ0n) is 28.1. The maximum atomic E-state index is 14.6. The van der Waals surface area contributed by atoms with Crippen LogP contribution in [0.15, 0.2) is 136 Å². The highest BCUT2D eigenvalue weighted by Gasteiger charge is 2.34. The number of para-hydroxylation sites is 1. The monoisotopic (exact) mass is 681 g/mol. The van der Waals surface area contributed by atoms with Gasteiger partial charge in [-0.3, -0.25) is 9.36 Å². The lowest BCUT2D eigenvalue weighted by Gasteiger charge is -2.25. The third kappa shape index (κ3) is 5.86. The molecule has 0 amide bonds. The summed E-state index contributed by atoms with van der Waals surface area (Å²) >= 11 is 1.29.